The molecule has 88 valence electrons. The number of ketones is 1. The maximum absolute atomic E-state index is 12.6. The van der Waals surface area contributed by atoms with E-state index in [1.165, 1.54) is 36.6 Å². The molecule has 0 aromatic heterocycles. The second-order valence-electron chi connectivity index (χ2n) is 3.06. The third-order valence-corrected chi connectivity index (χ3v) is 3.06. The third kappa shape index (κ3) is 2.47. The van der Waals surface area contributed by atoms with Crippen LogP contribution in [-0.2, 0) is 6.18 Å². The molecule has 0 saturated heterocycles. The molecule has 1 aromatic carbocycles. The summed E-state index contributed by atoms with van der Waals surface area (Å²) in [6, 6.07) is 2.02. The van der Waals surface area contributed by atoms with Crippen LogP contribution < -0.4 is 4.74 Å². The Kier molecular flexibility index (Phi) is 3.82. The Hall–Kier alpha value is -0.790. The topological polar surface area (TPSA) is 26.3 Å². The average molecular weight is 344 g/mol. The van der Waals surface area contributed by atoms with Crippen LogP contribution in [0.5, 0.6) is 5.75 Å². The molecule has 0 spiro atoms. The minimum atomic E-state index is -4.45. The quantitative estimate of drug-likeness (QED) is 0.606. The van der Waals surface area contributed by atoms with Gasteiger partial charge in [-0.05, 0) is 41.6 Å². The first-order chi connectivity index (χ1) is 7.29. The van der Waals surface area contributed by atoms with Gasteiger partial charge in [-0.25, -0.2) is 0 Å². The molecule has 0 N–H and O–H groups in total. The van der Waals surface area contributed by atoms with Crippen molar-refractivity contribution in [3.8, 4) is 5.75 Å². The number of halogens is 4. The first-order valence-corrected chi connectivity index (χ1v) is 5.31. The molecule has 0 unspecified atom stereocenters. The number of carbonyl (C=O) groups excluding carboxylic acids is 1. The van der Waals surface area contributed by atoms with Crippen molar-refractivity contribution in [2.24, 2.45) is 0 Å². The van der Waals surface area contributed by atoms with Crippen LogP contribution in [0.3, 0.4) is 0 Å². The Morgan fingerprint density at radius 3 is 2.31 bits per heavy atom. The minimum Gasteiger partial charge on any atom is -0.495 e. The van der Waals surface area contributed by atoms with Crippen molar-refractivity contribution < 1.29 is 22.7 Å². The van der Waals surface area contributed by atoms with E-state index in [0.717, 1.165) is 12.1 Å². The number of ether oxygens (including phenoxy) is 1. The van der Waals surface area contributed by atoms with E-state index in [-0.39, 0.29) is 20.7 Å². The second kappa shape index (κ2) is 4.60. The van der Waals surface area contributed by atoms with Gasteiger partial charge in [-0.15, -0.1) is 0 Å². The lowest BCUT2D eigenvalue weighted by Crippen LogP contribution is -2.10. The normalized spacial score (nSPS) is 11.4. The van der Waals surface area contributed by atoms with Gasteiger partial charge in [0.15, 0.2) is 5.78 Å². The number of benzene rings is 1. The largest absolute Gasteiger partial charge is 0.495 e. The van der Waals surface area contributed by atoms with Gasteiger partial charge in [0.25, 0.3) is 0 Å². The van der Waals surface area contributed by atoms with Gasteiger partial charge in [0.2, 0.25) is 0 Å². The van der Waals surface area contributed by atoms with Crippen LogP contribution in [0.15, 0.2) is 12.1 Å². The number of carbonyl (C=O) groups is 1. The van der Waals surface area contributed by atoms with E-state index in [0.29, 0.717) is 0 Å². The summed E-state index contributed by atoms with van der Waals surface area (Å²) >= 11 is 1.53. The third-order valence-electron chi connectivity index (χ3n) is 1.99. The van der Waals surface area contributed by atoms with Crippen molar-refractivity contribution in [2.45, 2.75) is 13.1 Å². The molecule has 2 nitrogen and oxygen atoms in total. The fraction of sp³-hybridized carbons (Fsp3) is 0.300. The van der Waals surface area contributed by atoms with Gasteiger partial charge in [-0.1, -0.05) is 0 Å². The molecular formula is C10H8F3IO2. The van der Waals surface area contributed by atoms with E-state index >= 15 is 0 Å². The highest BCUT2D eigenvalue weighted by Crippen LogP contribution is 2.38. The van der Waals surface area contributed by atoms with Crippen LogP contribution in [0.4, 0.5) is 13.2 Å². The summed E-state index contributed by atoms with van der Waals surface area (Å²) in [5.74, 6) is -0.355. The molecule has 0 aliphatic rings. The van der Waals surface area contributed by atoms with Crippen LogP contribution >= 0.6 is 22.6 Å². The van der Waals surface area contributed by atoms with Gasteiger partial charge < -0.3 is 4.74 Å². The molecule has 0 amide bonds. The zero-order chi connectivity index (χ0) is 12.5. The molecule has 16 heavy (non-hydrogen) atoms. The molecule has 6 heteroatoms. The number of methoxy groups -OCH3 is 1. The average Bonchev–Trinajstić information content (AvgIpc) is 2.14. The summed E-state index contributed by atoms with van der Waals surface area (Å²) < 4.78 is 42.4. The minimum absolute atomic E-state index is 0.0251. The molecule has 1 rings (SSSR count). The Labute approximate surface area is 104 Å². The van der Waals surface area contributed by atoms with Gasteiger partial charge in [-0.2, -0.15) is 13.2 Å². The predicted octanol–water partition coefficient (Wildman–Crippen LogP) is 3.52. The number of Topliss-reactive ketones (excluding diaryl/α,β-unsaturated/α-hetero) is 1. The standard InChI is InChI=1S/C10H8F3IO2/c1-5(15)6-3-4-7(10(11,12)13)8(14)9(6)16-2/h3-4H,1-2H3. The van der Waals surface area contributed by atoms with Gasteiger partial charge in [-0.3, -0.25) is 4.79 Å². The molecule has 0 saturated carbocycles. The molecular weight excluding hydrogens is 336 g/mol. The summed E-state index contributed by atoms with van der Waals surface area (Å²) in [5.41, 5.74) is -0.644. The lowest BCUT2D eigenvalue weighted by molar-refractivity contribution is -0.138. The van der Waals surface area contributed by atoms with Crippen molar-refractivity contribution in [3.05, 3.63) is 26.8 Å². The Morgan fingerprint density at radius 2 is 1.94 bits per heavy atom. The van der Waals surface area contributed by atoms with Gasteiger partial charge >= 0.3 is 6.18 Å². The lowest BCUT2D eigenvalue weighted by Gasteiger charge is -2.14. The SMILES string of the molecule is COc1c(C(C)=O)ccc(C(F)(F)F)c1I. The number of hydrogen-bond acceptors (Lipinski definition) is 2. The molecule has 0 fully saturated rings. The van der Waals surface area contributed by atoms with Crippen molar-refractivity contribution >= 4 is 28.4 Å². The zero-order valence-electron chi connectivity index (χ0n) is 8.48. The molecule has 0 aliphatic carbocycles. The Balaban J connectivity index is 3.46. The summed E-state index contributed by atoms with van der Waals surface area (Å²) in [4.78, 5) is 11.2. The monoisotopic (exact) mass is 344 g/mol. The fourth-order valence-corrected chi connectivity index (χ4v) is 2.25. The smallest absolute Gasteiger partial charge is 0.417 e. The van der Waals surface area contributed by atoms with Crippen molar-refractivity contribution in [1.82, 2.24) is 0 Å². The van der Waals surface area contributed by atoms with Crippen LogP contribution in [-0.4, -0.2) is 12.9 Å². The highest BCUT2D eigenvalue weighted by molar-refractivity contribution is 14.1. The number of hydrogen-bond donors (Lipinski definition) is 0. The second-order valence-corrected chi connectivity index (χ2v) is 4.14. The van der Waals surface area contributed by atoms with E-state index in [1.807, 2.05) is 0 Å². The predicted molar refractivity (Wildman–Crippen MR) is 60.7 cm³/mol. The summed E-state index contributed by atoms with van der Waals surface area (Å²) in [6.45, 7) is 1.28. The van der Waals surface area contributed by atoms with Crippen LogP contribution in [0.25, 0.3) is 0 Å². The van der Waals surface area contributed by atoms with E-state index in [2.05, 4.69) is 0 Å². The highest BCUT2D eigenvalue weighted by Gasteiger charge is 2.35. The van der Waals surface area contributed by atoms with E-state index in [4.69, 9.17) is 4.74 Å². The molecule has 1 aromatic rings. The number of alkyl halides is 3. The molecule has 0 radical (unpaired) electrons. The molecule has 0 heterocycles. The summed E-state index contributed by atoms with van der Waals surface area (Å²) in [5, 5.41) is 0. The van der Waals surface area contributed by atoms with Crippen molar-refractivity contribution in [1.29, 1.82) is 0 Å². The maximum atomic E-state index is 12.6. The molecule has 0 aliphatic heterocycles. The first kappa shape index (κ1) is 13.3. The van der Waals surface area contributed by atoms with Crippen LogP contribution in [0, 0.1) is 3.57 Å². The van der Waals surface area contributed by atoms with E-state index in [1.54, 1.807) is 0 Å². The molecule has 0 bridgehead atoms. The Bertz CT molecular complexity index is 427. The van der Waals surface area contributed by atoms with E-state index in [9.17, 15) is 18.0 Å². The lowest BCUT2D eigenvalue weighted by atomic mass is 10.1. The molecule has 0 atom stereocenters. The fourth-order valence-electron chi connectivity index (χ4n) is 1.25. The van der Waals surface area contributed by atoms with E-state index < -0.39 is 11.7 Å². The summed E-state index contributed by atoms with van der Waals surface area (Å²) in [7, 11) is 1.24. The first-order valence-electron chi connectivity index (χ1n) is 4.23. The number of rotatable bonds is 2. The van der Waals surface area contributed by atoms with Gasteiger partial charge in [0.1, 0.15) is 5.75 Å². The van der Waals surface area contributed by atoms with Gasteiger partial charge in [0, 0.05) is 0 Å². The highest BCUT2D eigenvalue weighted by atomic mass is 127. The van der Waals surface area contributed by atoms with Crippen LogP contribution in [0.2, 0.25) is 0 Å². The maximum Gasteiger partial charge on any atom is 0.417 e. The van der Waals surface area contributed by atoms with Crippen molar-refractivity contribution in [2.75, 3.05) is 7.11 Å². The Morgan fingerprint density at radius 1 is 1.38 bits per heavy atom. The van der Waals surface area contributed by atoms with Crippen LogP contribution in [0.1, 0.15) is 22.8 Å². The summed E-state index contributed by atoms with van der Waals surface area (Å²) in [6.07, 6.45) is -4.45. The zero-order valence-corrected chi connectivity index (χ0v) is 10.6. The van der Waals surface area contributed by atoms with Crippen molar-refractivity contribution in [3.63, 3.8) is 0 Å². The van der Waals surface area contributed by atoms with Gasteiger partial charge in [0.05, 0.1) is 21.8 Å².